The molecule has 0 aliphatic rings. The van der Waals surface area contributed by atoms with Gasteiger partial charge in [-0.2, -0.15) is 0 Å². The minimum atomic E-state index is -0.917. The highest BCUT2D eigenvalue weighted by Crippen LogP contribution is 2.09. The molecule has 0 aromatic heterocycles. The van der Waals surface area contributed by atoms with Crippen LogP contribution in [0.5, 0.6) is 0 Å². The van der Waals surface area contributed by atoms with Crippen molar-refractivity contribution >= 4 is 40.7 Å². The molecule has 1 aromatic carbocycles. The molecule has 0 saturated heterocycles. The molecule has 6 heteroatoms. The Bertz CT molecular complexity index is 434. The Hall–Kier alpha value is -0.630. The van der Waals surface area contributed by atoms with Gasteiger partial charge in [-0.05, 0) is 17.7 Å². The third-order valence-electron chi connectivity index (χ3n) is 2.46. The van der Waals surface area contributed by atoms with Crippen molar-refractivity contribution in [2.75, 3.05) is 34.4 Å². The molecule has 0 saturated carbocycles. The summed E-state index contributed by atoms with van der Waals surface area (Å²) in [6.07, 6.45) is 1.68. The number of rotatable bonds is 3. The average Bonchev–Trinajstić information content (AvgIpc) is 2.28. The highest BCUT2D eigenvalue weighted by molar-refractivity contribution is 14.0. The van der Waals surface area contributed by atoms with E-state index in [1.54, 1.807) is 6.26 Å². The van der Waals surface area contributed by atoms with Gasteiger partial charge in [0, 0.05) is 50.1 Å². The van der Waals surface area contributed by atoms with Crippen LogP contribution in [0.3, 0.4) is 0 Å². The molecule has 1 unspecified atom stereocenters. The number of benzene rings is 1. The number of nitrogens with zero attached hydrogens (tertiary/aromatic N) is 3. The van der Waals surface area contributed by atoms with Crippen molar-refractivity contribution < 1.29 is 4.21 Å². The molecular weight excluding hydrogens is 373 g/mol. The molecule has 0 aliphatic carbocycles. The van der Waals surface area contributed by atoms with Crippen LogP contribution in [-0.4, -0.2) is 54.4 Å². The van der Waals surface area contributed by atoms with Crippen molar-refractivity contribution in [3.63, 3.8) is 0 Å². The Labute approximate surface area is 135 Å². The lowest BCUT2D eigenvalue weighted by molar-refractivity contribution is 0.479. The van der Waals surface area contributed by atoms with Crippen molar-refractivity contribution in [1.29, 1.82) is 0 Å². The predicted octanol–water partition coefficient (Wildman–Crippen LogP) is 2.02. The Morgan fingerprint density at radius 1 is 1.11 bits per heavy atom. The SMILES string of the molecule is CN(C)C(=NCc1ccc(S(C)=O)cc1)N(C)C.I. The number of hydrogen-bond acceptors (Lipinski definition) is 2. The van der Waals surface area contributed by atoms with Gasteiger partial charge >= 0.3 is 0 Å². The van der Waals surface area contributed by atoms with Crippen molar-refractivity contribution in [3.8, 4) is 0 Å². The number of halogens is 1. The molecular formula is C13H22IN3OS. The van der Waals surface area contributed by atoms with E-state index in [0.717, 1.165) is 16.4 Å². The molecule has 4 nitrogen and oxygen atoms in total. The molecule has 0 spiro atoms. The lowest BCUT2D eigenvalue weighted by Gasteiger charge is -2.22. The second-order valence-electron chi connectivity index (χ2n) is 4.50. The zero-order chi connectivity index (χ0) is 13.7. The summed E-state index contributed by atoms with van der Waals surface area (Å²) in [6.45, 7) is 0.627. The summed E-state index contributed by atoms with van der Waals surface area (Å²) >= 11 is 0. The maximum absolute atomic E-state index is 11.3. The third kappa shape index (κ3) is 5.90. The van der Waals surface area contributed by atoms with Crippen LogP contribution in [0.25, 0.3) is 0 Å². The predicted molar refractivity (Wildman–Crippen MR) is 92.7 cm³/mol. The van der Waals surface area contributed by atoms with Gasteiger partial charge in [0.05, 0.1) is 6.54 Å². The molecule has 1 rings (SSSR count). The van der Waals surface area contributed by atoms with Crippen molar-refractivity contribution in [2.45, 2.75) is 11.4 Å². The van der Waals surface area contributed by atoms with Crippen LogP contribution in [0, 0.1) is 0 Å². The summed E-state index contributed by atoms with van der Waals surface area (Å²) in [7, 11) is 6.98. The smallest absolute Gasteiger partial charge is 0.195 e. The molecule has 0 aliphatic heterocycles. The van der Waals surface area contributed by atoms with Gasteiger partial charge in [-0.15, -0.1) is 24.0 Å². The Morgan fingerprint density at radius 2 is 1.58 bits per heavy atom. The number of guanidine groups is 1. The minimum Gasteiger partial charge on any atom is -0.349 e. The van der Waals surface area contributed by atoms with Gasteiger partial charge in [-0.3, -0.25) is 4.21 Å². The maximum Gasteiger partial charge on any atom is 0.195 e. The van der Waals surface area contributed by atoms with E-state index >= 15 is 0 Å². The van der Waals surface area contributed by atoms with Gasteiger partial charge in [-0.25, -0.2) is 4.99 Å². The molecule has 0 heterocycles. The Kier molecular flexibility index (Phi) is 8.24. The fourth-order valence-electron chi connectivity index (χ4n) is 1.63. The van der Waals surface area contributed by atoms with Crippen LogP contribution >= 0.6 is 24.0 Å². The quantitative estimate of drug-likeness (QED) is 0.447. The van der Waals surface area contributed by atoms with Gasteiger partial charge in [0.2, 0.25) is 0 Å². The van der Waals surface area contributed by atoms with Gasteiger partial charge in [0.1, 0.15) is 0 Å². The maximum atomic E-state index is 11.3. The van der Waals surface area contributed by atoms with Crippen molar-refractivity contribution in [3.05, 3.63) is 29.8 Å². The number of hydrogen-bond donors (Lipinski definition) is 0. The lowest BCUT2D eigenvalue weighted by atomic mass is 10.2. The summed E-state index contributed by atoms with van der Waals surface area (Å²) < 4.78 is 11.3. The summed E-state index contributed by atoms with van der Waals surface area (Å²) in [4.78, 5) is 9.37. The van der Waals surface area contributed by atoms with E-state index in [1.807, 2.05) is 62.3 Å². The van der Waals surface area contributed by atoms with Gasteiger partial charge in [0.15, 0.2) is 5.96 Å². The highest BCUT2D eigenvalue weighted by atomic mass is 127. The van der Waals surface area contributed by atoms with Crippen LogP contribution in [0.2, 0.25) is 0 Å². The standard InChI is InChI=1S/C13H21N3OS.HI/c1-15(2)13(16(3)4)14-10-11-6-8-12(9-7-11)18(5)17;/h6-9H,10H2,1-5H3;1H. The van der Waals surface area contributed by atoms with Crippen LogP contribution in [0.4, 0.5) is 0 Å². The largest absolute Gasteiger partial charge is 0.349 e. The summed E-state index contributed by atoms with van der Waals surface area (Å²) in [5.74, 6) is 0.929. The second kappa shape index (κ2) is 8.52. The van der Waals surface area contributed by atoms with E-state index in [4.69, 9.17) is 0 Å². The van der Waals surface area contributed by atoms with Gasteiger partial charge in [0.25, 0.3) is 0 Å². The first kappa shape index (κ1) is 18.4. The normalized spacial score (nSPS) is 11.2. The van der Waals surface area contributed by atoms with E-state index in [0.29, 0.717) is 6.54 Å². The van der Waals surface area contributed by atoms with Crippen LogP contribution in [-0.2, 0) is 17.3 Å². The fourth-order valence-corrected chi connectivity index (χ4v) is 2.15. The monoisotopic (exact) mass is 395 g/mol. The molecule has 1 atom stereocenters. The summed E-state index contributed by atoms with van der Waals surface area (Å²) in [5, 5.41) is 0. The van der Waals surface area contributed by atoms with Crippen LogP contribution in [0.15, 0.2) is 34.2 Å². The van der Waals surface area contributed by atoms with Crippen LogP contribution in [0.1, 0.15) is 5.56 Å². The van der Waals surface area contributed by atoms with E-state index in [-0.39, 0.29) is 24.0 Å². The Balaban J connectivity index is 0.00000324. The highest BCUT2D eigenvalue weighted by Gasteiger charge is 2.04. The molecule has 0 N–H and O–H groups in total. The lowest BCUT2D eigenvalue weighted by Crippen LogP contribution is -2.35. The van der Waals surface area contributed by atoms with E-state index < -0.39 is 10.8 Å². The van der Waals surface area contributed by atoms with Crippen LogP contribution < -0.4 is 0 Å². The second-order valence-corrected chi connectivity index (χ2v) is 5.88. The molecule has 0 amide bonds. The van der Waals surface area contributed by atoms with E-state index in [1.165, 1.54) is 0 Å². The van der Waals surface area contributed by atoms with Crippen molar-refractivity contribution in [1.82, 2.24) is 9.80 Å². The zero-order valence-corrected chi connectivity index (χ0v) is 15.2. The third-order valence-corrected chi connectivity index (χ3v) is 3.39. The minimum absolute atomic E-state index is 0. The zero-order valence-electron chi connectivity index (χ0n) is 12.1. The first-order chi connectivity index (χ1) is 8.41. The summed E-state index contributed by atoms with van der Waals surface area (Å²) in [6, 6.07) is 7.74. The molecule has 108 valence electrons. The topological polar surface area (TPSA) is 35.9 Å². The molecule has 19 heavy (non-hydrogen) atoms. The number of aliphatic imine (C=N–C) groups is 1. The molecule has 0 bridgehead atoms. The molecule has 0 fully saturated rings. The van der Waals surface area contributed by atoms with E-state index in [2.05, 4.69) is 4.99 Å². The average molecular weight is 395 g/mol. The first-order valence-corrected chi connectivity index (χ1v) is 7.29. The van der Waals surface area contributed by atoms with Crippen molar-refractivity contribution in [2.24, 2.45) is 4.99 Å². The van der Waals surface area contributed by atoms with E-state index in [9.17, 15) is 4.21 Å². The van der Waals surface area contributed by atoms with Gasteiger partial charge < -0.3 is 9.80 Å². The van der Waals surface area contributed by atoms with Gasteiger partial charge in [-0.1, -0.05) is 12.1 Å². The fraction of sp³-hybridized carbons (Fsp3) is 0.462. The molecule has 0 radical (unpaired) electrons. The first-order valence-electron chi connectivity index (χ1n) is 5.73. The summed E-state index contributed by atoms with van der Waals surface area (Å²) in [5.41, 5.74) is 1.12. The molecule has 1 aromatic rings. The Morgan fingerprint density at radius 3 is 1.95 bits per heavy atom.